The van der Waals surface area contributed by atoms with Crippen molar-refractivity contribution in [1.82, 2.24) is 10.1 Å². The minimum absolute atomic E-state index is 0.230. The zero-order chi connectivity index (χ0) is 20.7. The summed E-state index contributed by atoms with van der Waals surface area (Å²) in [7, 11) is 1.31. The second kappa shape index (κ2) is 7.17. The van der Waals surface area contributed by atoms with Crippen LogP contribution < -0.4 is 5.32 Å². The first-order chi connectivity index (χ1) is 13.9. The highest BCUT2D eigenvalue weighted by Crippen LogP contribution is 2.34. The van der Waals surface area contributed by atoms with Crippen LogP contribution in [0.1, 0.15) is 36.9 Å². The second-order valence-electron chi connectivity index (χ2n) is 6.41. The first-order valence-electron chi connectivity index (χ1n) is 8.71. The SMILES string of the molecule is COC(=O)c1c(NC(=O)c2cc(-c3ccco3)nc3onc(C)c23)sc(C)c1C. The van der Waals surface area contributed by atoms with Gasteiger partial charge in [0.1, 0.15) is 10.7 Å². The number of aromatic nitrogens is 2. The number of anilines is 1. The number of esters is 1. The Bertz CT molecular complexity index is 1240. The van der Waals surface area contributed by atoms with Crippen LogP contribution in [0, 0.1) is 20.8 Å². The number of furan rings is 1. The number of hydrogen-bond acceptors (Lipinski definition) is 8. The lowest BCUT2D eigenvalue weighted by Gasteiger charge is -2.08. The quantitative estimate of drug-likeness (QED) is 0.492. The molecular weight excluding hydrogens is 394 g/mol. The van der Waals surface area contributed by atoms with Crippen molar-refractivity contribution in [3.8, 4) is 11.5 Å². The third-order valence-corrected chi connectivity index (χ3v) is 5.76. The molecule has 1 N–H and O–H groups in total. The molecule has 0 radical (unpaired) electrons. The van der Waals surface area contributed by atoms with Gasteiger partial charge in [-0.25, -0.2) is 9.78 Å². The lowest BCUT2D eigenvalue weighted by molar-refractivity contribution is 0.0601. The summed E-state index contributed by atoms with van der Waals surface area (Å²) in [6.45, 7) is 5.43. The van der Waals surface area contributed by atoms with Gasteiger partial charge in [0, 0.05) is 4.88 Å². The molecule has 0 aliphatic heterocycles. The highest BCUT2D eigenvalue weighted by molar-refractivity contribution is 7.16. The van der Waals surface area contributed by atoms with E-state index in [0.29, 0.717) is 38.7 Å². The molecule has 0 bridgehead atoms. The molecule has 4 rings (SSSR count). The molecule has 9 heteroatoms. The molecule has 4 aromatic rings. The lowest BCUT2D eigenvalue weighted by Crippen LogP contribution is -2.15. The van der Waals surface area contributed by atoms with Gasteiger partial charge in [-0.15, -0.1) is 11.3 Å². The minimum atomic E-state index is -0.501. The number of carbonyl (C=O) groups is 2. The average molecular weight is 411 g/mol. The summed E-state index contributed by atoms with van der Waals surface area (Å²) in [5.41, 5.74) is 2.65. The number of nitrogens with zero attached hydrogens (tertiary/aromatic N) is 2. The number of ether oxygens (including phenoxy) is 1. The van der Waals surface area contributed by atoms with Gasteiger partial charge in [0.15, 0.2) is 5.76 Å². The summed E-state index contributed by atoms with van der Waals surface area (Å²) >= 11 is 1.32. The first kappa shape index (κ1) is 18.9. The monoisotopic (exact) mass is 411 g/mol. The van der Waals surface area contributed by atoms with E-state index in [-0.39, 0.29) is 5.71 Å². The van der Waals surface area contributed by atoms with E-state index in [0.717, 1.165) is 10.4 Å². The average Bonchev–Trinajstić information content (AvgIpc) is 3.42. The van der Waals surface area contributed by atoms with Crippen LogP contribution in [-0.2, 0) is 4.74 Å². The molecule has 0 unspecified atom stereocenters. The number of pyridine rings is 1. The van der Waals surface area contributed by atoms with Crippen molar-refractivity contribution in [3.05, 3.63) is 51.7 Å². The van der Waals surface area contributed by atoms with Crippen molar-refractivity contribution in [2.24, 2.45) is 0 Å². The van der Waals surface area contributed by atoms with Gasteiger partial charge in [-0.2, -0.15) is 0 Å². The Kier molecular flexibility index (Phi) is 4.67. The summed E-state index contributed by atoms with van der Waals surface area (Å²) in [6, 6.07) is 5.08. The van der Waals surface area contributed by atoms with Gasteiger partial charge < -0.3 is 19.0 Å². The highest BCUT2D eigenvalue weighted by Gasteiger charge is 2.25. The molecular formula is C20H17N3O5S. The first-order valence-corrected chi connectivity index (χ1v) is 9.53. The van der Waals surface area contributed by atoms with Crippen molar-refractivity contribution in [2.75, 3.05) is 12.4 Å². The van der Waals surface area contributed by atoms with E-state index in [2.05, 4.69) is 15.5 Å². The number of carbonyl (C=O) groups excluding carboxylic acids is 2. The number of fused-ring (bicyclic) bond motifs is 1. The van der Waals surface area contributed by atoms with Crippen LogP contribution in [0.25, 0.3) is 22.6 Å². The molecule has 0 saturated carbocycles. The Morgan fingerprint density at radius 3 is 2.72 bits per heavy atom. The largest absolute Gasteiger partial charge is 0.465 e. The van der Waals surface area contributed by atoms with Crippen LogP contribution in [0.3, 0.4) is 0 Å². The third-order valence-electron chi connectivity index (χ3n) is 4.64. The number of hydrogen-bond donors (Lipinski definition) is 1. The van der Waals surface area contributed by atoms with Crippen LogP contribution in [0.2, 0.25) is 0 Å². The standard InChI is InChI=1S/C20H17N3O5S/c1-9-11(3)29-19(15(9)20(25)26-4)22-17(24)12-8-13(14-6-5-7-27-14)21-18-16(12)10(2)23-28-18/h5-8H,1-4H3,(H,22,24). The fraction of sp³-hybridized carbons (Fsp3) is 0.200. The molecule has 4 aromatic heterocycles. The molecule has 0 aliphatic carbocycles. The van der Waals surface area contributed by atoms with E-state index in [1.807, 2.05) is 13.8 Å². The number of amides is 1. The van der Waals surface area contributed by atoms with E-state index < -0.39 is 11.9 Å². The molecule has 0 atom stereocenters. The summed E-state index contributed by atoms with van der Waals surface area (Å²) in [6.07, 6.45) is 1.52. The fourth-order valence-corrected chi connectivity index (χ4v) is 4.10. The Morgan fingerprint density at radius 1 is 1.24 bits per heavy atom. The summed E-state index contributed by atoms with van der Waals surface area (Å²) < 4.78 is 15.5. The van der Waals surface area contributed by atoms with Crippen molar-refractivity contribution >= 4 is 39.3 Å². The fourth-order valence-electron chi connectivity index (χ4n) is 3.06. The number of methoxy groups -OCH3 is 1. The molecule has 0 fully saturated rings. The maximum atomic E-state index is 13.2. The van der Waals surface area contributed by atoms with Gasteiger partial charge in [-0.05, 0) is 44.5 Å². The predicted octanol–water partition coefficient (Wildman–Crippen LogP) is 4.51. The summed E-state index contributed by atoms with van der Waals surface area (Å²) in [4.78, 5) is 30.7. The molecule has 0 aliphatic rings. The highest BCUT2D eigenvalue weighted by atomic mass is 32.1. The van der Waals surface area contributed by atoms with Gasteiger partial charge in [0.2, 0.25) is 0 Å². The van der Waals surface area contributed by atoms with Crippen molar-refractivity contribution in [2.45, 2.75) is 20.8 Å². The van der Waals surface area contributed by atoms with E-state index in [9.17, 15) is 9.59 Å². The second-order valence-corrected chi connectivity index (χ2v) is 7.64. The lowest BCUT2D eigenvalue weighted by atomic mass is 10.1. The maximum absolute atomic E-state index is 13.2. The van der Waals surface area contributed by atoms with E-state index >= 15 is 0 Å². The van der Waals surface area contributed by atoms with Crippen LogP contribution in [0.15, 0.2) is 33.4 Å². The zero-order valence-corrected chi connectivity index (χ0v) is 17.0. The normalized spacial score (nSPS) is 11.0. The number of rotatable bonds is 4. The van der Waals surface area contributed by atoms with E-state index in [4.69, 9.17) is 13.7 Å². The molecule has 4 heterocycles. The third kappa shape index (κ3) is 3.19. The summed E-state index contributed by atoms with van der Waals surface area (Å²) in [5.74, 6) is -0.421. The molecule has 0 aromatic carbocycles. The Hall–Kier alpha value is -3.46. The smallest absolute Gasteiger partial charge is 0.341 e. The Morgan fingerprint density at radius 2 is 2.03 bits per heavy atom. The predicted molar refractivity (Wildman–Crippen MR) is 107 cm³/mol. The Balaban J connectivity index is 1.81. The number of nitrogens with one attached hydrogen (secondary N) is 1. The topological polar surface area (TPSA) is 107 Å². The molecule has 8 nitrogen and oxygen atoms in total. The van der Waals surface area contributed by atoms with Crippen molar-refractivity contribution < 1.29 is 23.3 Å². The van der Waals surface area contributed by atoms with Gasteiger partial charge in [0.05, 0.1) is 35.6 Å². The number of aryl methyl sites for hydroxylation is 2. The van der Waals surface area contributed by atoms with Crippen LogP contribution in [-0.4, -0.2) is 29.1 Å². The zero-order valence-electron chi connectivity index (χ0n) is 16.2. The molecule has 0 saturated heterocycles. The van der Waals surface area contributed by atoms with Crippen LogP contribution in [0.5, 0.6) is 0 Å². The van der Waals surface area contributed by atoms with Gasteiger partial charge in [-0.3, -0.25) is 4.79 Å². The van der Waals surface area contributed by atoms with Crippen molar-refractivity contribution in [3.63, 3.8) is 0 Å². The van der Waals surface area contributed by atoms with Crippen molar-refractivity contribution in [1.29, 1.82) is 0 Å². The maximum Gasteiger partial charge on any atom is 0.341 e. The van der Waals surface area contributed by atoms with Crippen LogP contribution in [0.4, 0.5) is 5.00 Å². The minimum Gasteiger partial charge on any atom is -0.465 e. The molecule has 29 heavy (non-hydrogen) atoms. The van der Waals surface area contributed by atoms with Gasteiger partial charge in [0.25, 0.3) is 11.6 Å². The molecule has 148 valence electrons. The van der Waals surface area contributed by atoms with Gasteiger partial charge in [-0.1, -0.05) is 5.16 Å². The molecule has 1 amide bonds. The van der Waals surface area contributed by atoms with E-state index in [1.54, 1.807) is 25.1 Å². The van der Waals surface area contributed by atoms with Gasteiger partial charge >= 0.3 is 5.97 Å². The van der Waals surface area contributed by atoms with E-state index in [1.165, 1.54) is 24.7 Å². The Labute approximate surface area is 169 Å². The van der Waals surface area contributed by atoms with Crippen LogP contribution >= 0.6 is 11.3 Å². The molecule has 0 spiro atoms. The number of thiophene rings is 1. The summed E-state index contributed by atoms with van der Waals surface area (Å²) in [5, 5.41) is 7.69.